The molecular weight excluding hydrogens is 324 g/mol. The Bertz CT molecular complexity index is 739. The lowest BCUT2D eigenvalue weighted by Gasteiger charge is -2.07. The number of ether oxygens (including phenoxy) is 2. The average Bonchev–Trinajstić information content (AvgIpc) is 2.55. The first-order chi connectivity index (χ1) is 11.0. The molecule has 0 aromatic heterocycles. The van der Waals surface area contributed by atoms with Crippen LogP contribution in [0, 0.1) is 0 Å². The fraction of sp³-hybridized carbons (Fsp3) is 0.133. The predicted octanol–water partition coefficient (Wildman–Crippen LogP) is 2.67. The van der Waals surface area contributed by atoms with Gasteiger partial charge in [0, 0.05) is 0 Å². The molecule has 0 aliphatic carbocycles. The molecule has 0 spiro atoms. The Balaban J connectivity index is 1.87. The zero-order chi connectivity index (χ0) is 16.7. The lowest BCUT2D eigenvalue weighted by atomic mass is 10.2. The molecule has 7 nitrogen and oxygen atoms in total. The van der Waals surface area contributed by atoms with Crippen molar-refractivity contribution in [3.8, 4) is 11.5 Å². The molecule has 0 radical (unpaired) electrons. The van der Waals surface area contributed by atoms with Gasteiger partial charge >= 0.3 is 16.6 Å². The van der Waals surface area contributed by atoms with Gasteiger partial charge in [-0.15, -0.1) is 0 Å². The molecule has 2 aromatic rings. The van der Waals surface area contributed by atoms with Crippen LogP contribution >= 0.6 is 0 Å². The number of rotatable bonds is 6. The van der Waals surface area contributed by atoms with Gasteiger partial charge in [-0.25, -0.2) is 8.98 Å². The van der Waals surface area contributed by atoms with E-state index in [4.69, 9.17) is 9.47 Å². The van der Waals surface area contributed by atoms with E-state index in [-0.39, 0.29) is 18.1 Å². The molecular formula is C15H14O7S. The highest BCUT2D eigenvalue weighted by Crippen LogP contribution is 2.19. The summed E-state index contributed by atoms with van der Waals surface area (Å²) in [5.41, 5.74) is 0.831. The second-order valence-electron chi connectivity index (χ2n) is 4.26. The van der Waals surface area contributed by atoms with Gasteiger partial charge in [0.1, 0.15) is 18.1 Å². The molecule has 0 fully saturated rings. The van der Waals surface area contributed by atoms with Gasteiger partial charge in [-0.05, 0) is 29.8 Å². The minimum Gasteiger partial charge on any atom is -0.429 e. The molecule has 0 saturated carbocycles. The molecule has 0 heterocycles. The summed E-state index contributed by atoms with van der Waals surface area (Å²) in [7, 11) is -3.10. The molecule has 2 rings (SSSR count). The summed E-state index contributed by atoms with van der Waals surface area (Å²) >= 11 is 0. The first-order valence-corrected chi connectivity index (χ1v) is 7.80. The molecule has 0 unspecified atom stereocenters. The summed E-state index contributed by atoms with van der Waals surface area (Å²) in [6.07, 6.45) is -0.868. The van der Waals surface area contributed by atoms with E-state index in [9.17, 15) is 13.2 Å². The maximum atomic E-state index is 11.6. The Morgan fingerprint density at radius 3 is 2.17 bits per heavy atom. The average molecular weight is 338 g/mol. The van der Waals surface area contributed by atoms with Gasteiger partial charge in [0.2, 0.25) is 0 Å². The highest BCUT2D eigenvalue weighted by molar-refractivity contribution is 7.82. The summed E-state index contributed by atoms with van der Waals surface area (Å²) in [4.78, 5) is 11.6. The van der Waals surface area contributed by atoms with Crippen molar-refractivity contribution in [2.45, 2.75) is 6.61 Å². The van der Waals surface area contributed by atoms with Gasteiger partial charge in [-0.3, -0.25) is 0 Å². The van der Waals surface area contributed by atoms with E-state index in [1.165, 1.54) is 24.3 Å². The van der Waals surface area contributed by atoms with E-state index >= 15 is 0 Å². The van der Waals surface area contributed by atoms with Crippen LogP contribution in [-0.4, -0.2) is 21.7 Å². The molecule has 2 aromatic carbocycles. The monoisotopic (exact) mass is 338 g/mol. The van der Waals surface area contributed by atoms with E-state index in [0.717, 1.165) is 12.7 Å². The lowest BCUT2D eigenvalue weighted by Crippen LogP contribution is -2.11. The molecule has 0 amide bonds. The van der Waals surface area contributed by atoms with Gasteiger partial charge in [0.25, 0.3) is 0 Å². The Kier molecular flexibility index (Phi) is 5.56. The van der Waals surface area contributed by atoms with Crippen LogP contribution in [0.15, 0.2) is 54.6 Å². The maximum absolute atomic E-state index is 11.6. The first kappa shape index (κ1) is 16.8. The molecule has 0 aliphatic heterocycles. The highest BCUT2D eigenvalue weighted by Gasteiger charge is 2.11. The van der Waals surface area contributed by atoms with Gasteiger partial charge in [0.05, 0.1) is 7.11 Å². The number of hydrogen-bond acceptors (Lipinski definition) is 7. The van der Waals surface area contributed by atoms with Crippen molar-refractivity contribution in [3.63, 3.8) is 0 Å². The second-order valence-corrected chi connectivity index (χ2v) is 5.57. The topological polar surface area (TPSA) is 88.1 Å². The van der Waals surface area contributed by atoms with Crippen molar-refractivity contribution in [2.24, 2.45) is 0 Å². The summed E-state index contributed by atoms with van der Waals surface area (Å²) in [6, 6.07) is 14.5. The van der Waals surface area contributed by atoms with E-state index < -0.39 is 16.6 Å². The molecule has 0 N–H and O–H groups in total. The Morgan fingerprint density at radius 2 is 1.57 bits per heavy atom. The van der Waals surface area contributed by atoms with Crippen molar-refractivity contribution >= 4 is 16.6 Å². The largest absolute Gasteiger partial charge is 0.514 e. The van der Waals surface area contributed by atoms with Crippen molar-refractivity contribution in [3.05, 3.63) is 60.2 Å². The third kappa shape index (κ3) is 5.61. The maximum Gasteiger partial charge on any atom is 0.514 e. The molecule has 0 atom stereocenters. The molecule has 0 bridgehead atoms. The van der Waals surface area contributed by atoms with Gasteiger partial charge in [-0.1, -0.05) is 30.3 Å². The Labute approximate surface area is 133 Å². The summed E-state index contributed by atoms with van der Waals surface area (Å²) in [6.45, 7) is 0.0902. The summed E-state index contributed by atoms with van der Waals surface area (Å²) in [5.74, 6) is 0.210. The van der Waals surface area contributed by atoms with Crippen LogP contribution in [0.5, 0.6) is 11.5 Å². The van der Waals surface area contributed by atoms with Gasteiger partial charge < -0.3 is 13.7 Å². The van der Waals surface area contributed by atoms with Gasteiger partial charge in [-0.2, -0.15) is 8.42 Å². The van der Waals surface area contributed by atoms with E-state index in [2.05, 4.69) is 8.37 Å². The first-order valence-electron chi connectivity index (χ1n) is 6.47. The van der Waals surface area contributed by atoms with Crippen LogP contribution in [0.2, 0.25) is 0 Å². The molecule has 8 heteroatoms. The second kappa shape index (κ2) is 7.61. The van der Waals surface area contributed by atoms with Crippen LogP contribution in [-0.2, 0) is 25.9 Å². The quantitative estimate of drug-likeness (QED) is 0.591. The SMILES string of the molecule is COS(=O)(=O)Oc1ccc(OC(=O)OCc2ccccc2)cc1. The molecule has 0 saturated heterocycles. The van der Waals surface area contributed by atoms with Gasteiger partial charge in [0.15, 0.2) is 0 Å². The van der Waals surface area contributed by atoms with E-state index in [1.54, 1.807) is 0 Å². The fourth-order valence-corrected chi connectivity index (χ4v) is 1.97. The van der Waals surface area contributed by atoms with Crippen molar-refractivity contribution in [2.75, 3.05) is 7.11 Å². The lowest BCUT2D eigenvalue weighted by molar-refractivity contribution is 0.0927. The highest BCUT2D eigenvalue weighted by atomic mass is 32.3. The zero-order valence-electron chi connectivity index (χ0n) is 12.2. The third-order valence-corrected chi connectivity index (χ3v) is 3.43. The number of hydrogen-bond donors (Lipinski definition) is 0. The van der Waals surface area contributed by atoms with Crippen molar-refractivity contribution in [1.29, 1.82) is 0 Å². The predicted molar refractivity (Wildman–Crippen MR) is 80.3 cm³/mol. The summed E-state index contributed by atoms with van der Waals surface area (Å²) < 4.78 is 40.9. The van der Waals surface area contributed by atoms with Crippen molar-refractivity contribution < 1.29 is 31.1 Å². The normalized spacial score (nSPS) is 10.8. The smallest absolute Gasteiger partial charge is 0.429 e. The van der Waals surface area contributed by atoms with Crippen molar-refractivity contribution in [1.82, 2.24) is 0 Å². The number of carbonyl (C=O) groups excluding carboxylic acids is 1. The third-order valence-electron chi connectivity index (χ3n) is 2.63. The van der Waals surface area contributed by atoms with Crippen LogP contribution in [0.1, 0.15) is 5.56 Å². The minimum absolute atomic E-state index is 0.0249. The zero-order valence-corrected chi connectivity index (χ0v) is 13.0. The molecule has 0 aliphatic rings. The minimum atomic E-state index is -4.08. The standard InChI is InChI=1S/C15H14O7S/c1-19-23(17,18)22-14-9-7-13(8-10-14)21-15(16)20-11-12-5-3-2-4-6-12/h2-10H,11H2,1H3. The van der Waals surface area contributed by atoms with Crippen LogP contribution in [0.4, 0.5) is 4.79 Å². The van der Waals surface area contributed by atoms with Crippen LogP contribution in [0.25, 0.3) is 0 Å². The van der Waals surface area contributed by atoms with Crippen LogP contribution < -0.4 is 8.92 Å². The Morgan fingerprint density at radius 1 is 0.957 bits per heavy atom. The number of benzene rings is 2. The Hall–Kier alpha value is -2.58. The van der Waals surface area contributed by atoms with E-state index in [0.29, 0.717) is 0 Å². The summed E-state index contributed by atoms with van der Waals surface area (Å²) in [5, 5.41) is 0. The van der Waals surface area contributed by atoms with Crippen LogP contribution in [0.3, 0.4) is 0 Å². The van der Waals surface area contributed by atoms with E-state index in [1.807, 2.05) is 30.3 Å². The number of carbonyl (C=O) groups is 1. The molecule has 122 valence electrons. The fourth-order valence-electron chi connectivity index (χ4n) is 1.56. The molecule has 23 heavy (non-hydrogen) atoms.